The third kappa shape index (κ3) is 5.15. The van der Waals surface area contributed by atoms with E-state index in [0.717, 1.165) is 67.1 Å². The topological polar surface area (TPSA) is 45.7 Å². The molecule has 0 amide bonds. The van der Waals surface area contributed by atoms with Crippen LogP contribution in [0.5, 0.6) is 0 Å². The van der Waals surface area contributed by atoms with Crippen molar-refractivity contribution in [2.45, 2.75) is 0 Å². The van der Waals surface area contributed by atoms with Gasteiger partial charge < -0.3 is 18.6 Å². The van der Waals surface area contributed by atoms with Gasteiger partial charge in [-0.05, 0) is 89.6 Å². The summed E-state index contributed by atoms with van der Waals surface area (Å²) in [7, 11) is 0. The SMILES string of the molecule is c1ccc(-c2nc3cc(N(c4ccccc4)c4ccc5ccccc5c4)cc(N(c4ccccc4)c4ccc5c(c4)oc4ccccc45)c3o2)cc1. The summed E-state index contributed by atoms with van der Waals surface area (Å²) in [5.41, 5.74) is 9.81. The molecule has 0 bridgehead atoms. The minimum Gasteiger partial charge on any atom is -0.456 e. The maximum absolute atomic E-state index is 6.75. The molecule has 0 radical (unpaired) electrons. The molecule has 52 heavy (non-hydrogen) atoms. The molecule has 0 atom stereocenters. The normalized spacial score (nSPS) is 11.5. The Morgan fingerprint density at radius 1 is 0.385 bits per heavy atom. The Balaban J connectivity index is 1.25. The van der Waals surface area contributed by atoms with Crippen molar-refractivity contribution < 1.29 is 8.83 Å². The van der Waals surface area contributed by atoms with Gasteiger partial charge in [-0.25, -0.2) is 4.98 Å². The summed E-state index contributed by atoms with van der Waals surface area (Å²) in [6.45, 7) is 0. The molecule has 0 unspecified atom stereocenters. The van der Waals surface area contributed by atoms with Gasteiger partial charge in [-0.15, -0.1) is 0 Å². The van der Waals surface area contributed by atoms with Crippen LogP contribution in [0.3, 0.4) is 0 Å². The number of oxazole rings is 1. The summed E-state index contributed by atoms with van der Waals surface area (Å²) in [6.07, 6.45) is 0. The third-order valence-electron chi connectivity index (χ3n) is 9.62. The van der Waals surface area contributed by atoms with Crippen LogP contribution in [0.4, 0.5) is 34.1 Å². The van der Waals surface area contributed by atoms with E-state index in [1.54, 1.807) is 0 Å². The summed E-state index contributed by atoms with van der Waals surface area (Å²) in [6, 6.07) is 65.0. The van der Waals surface area contributed by atoms with Crippen molar-refractivity contribution in [1.29, 1.82) is 0 Å². The van der Waals surface area contributed by atoms with Crippen LogP contribution in [0, 0.1) is 0 Å². The van der Waals surface area contributed by atoms with Crippen molar-refractivity contribution in [3.8, 4) is 11.5 Å². The molecule has 0 aliphatic carbocycles. The van der Waals surface area contributed by atoms with Crippen LogP contribution in [0.2, 0.25) is 0 Å². The maximum atomic E-state index is 6.75. The van der Waals surface area contributed by atoms with Crippen molar-refractivity contribution in [2.75, 3.05) is 9.80 Å². The molecular weight excluding hydrogens is 639 g/mol. The molecule has 2 heterocycles. The molecule has 0 saturated heterocycles. The van der Waals surface area contributed by atoms with Crippen molar-refractivity contribution in [3.63, 3.8) is 0 Å². The molecule has 8 aromatic carbocycles. The Morgan fingerprint density at radius 2 is 1.00 bits per heavy atom. The standard InChI is InChI=1S/C47H31N3O2/c1-4-15-33(16-5-1)47-48-42-29-39(49(35-18-6-2-7-19-35)37-25-24-32-14-10-11-17-34(32)28-37)30-43(46(42)52-47)50(36-20-8-3-9-21-36)38-26-27-41-40-22-12-13-23-44(40)51-45(41)31-38/h1-31H. The summed E-state index contributed by atoms with van der Waals surface area (Å²) < 4.78 is 13.2. The van der Waals surface area contributed by atoms with Gasteiger partial charge in [0, 0.05) is 39.5 Å². The van der Waals surface area contributed by atoms with Crippen LogP contribution in [0.25, 0.3) is 55.3 Å². The predicted octanol–water partition coefficient (Wildman–Crippen LogP) is 13.5. The van der Waals surface area contributed by atoms with Crippen LogP contribution in [-0.2, 0) is 0 Å². The average Bonchev–Trinajstić information content (AvgIpc) is 3.81. The lowest BCUT2D eigenvalue weighted by Crippen LogP contribution is -2.13. The fourth-order valence-electron chi connectivity index (χ4n) is 7.20. The van der Waals surface area contributed by atoms with Crippen molar-refractivity contribution in [1.82, 2.24) is 4.98 Å². The summed E-state index contributed by atoms with van der Waals surface area (Å²) >= 11 is 0. The molecule has 0 fully saturated rings. The number of rotatable bonds is 7. The van der Waals surface area contributed by atoms with Gasteiger partial charge >= 0.3 is 0 Å². The number of fused-ring (bicyclic) bond motifs is 5. The largest absolute Gasteiger partial charge is 0.456 e. The van der Waals surface area contributed by atoms with Gasteiger partial charge in [0.1, 0.15) is 16.7 Å². The van der Waals surface area contributed by atoms with Gasteiger partial charge in [0.25, 0.3) is 0 Å². The molecule has 0 saturated carbocycles. The highest BCUT2D eigenvalue weighted by atomic mass is 16.3. The highest BCUT2D eigenvalue weighted by Crippen LogP contribution is 2.46. The lowest BCUT2D eigenvalue weighted by Gasteiger charge is -2.29. The number of nitrogens with zero attached hydrogens (tertiary/aromatic N) is 3. The van der Waals surface area contributed by atoms with E-state index >= 15 is 0 Å². The minimum atomic E-state index is 0.562. The number of para-hydroxylation sites is 3. The first-order chi connectivity index (χ1) is 25.8. The van der Waals surface area contributed by atoms with Gasteiger partial charge in [0.15, 0.2) is 5.58 Å². The maximum Gasteiger partial charge on any atom is 0.227 e. The highest BCUT2D eigenvalue weighted by molar-refractivity contribution is 6.07. The van der Waals surface area contributed by atoms with Crippen LogP contribution in [-0.4, -0.2) is 4.98 Å². The van der Waals surface area contributed by atoms with Crippen molar-refractivity contribution >= 4 is 77.9 Å². The Labute approximate surface area is 300 Å². The van der Waals surface area contributed by atoms with E-state index in [1.807, 2.05) is 60.7 Å². The first-order valence-corrected chi connectivity index (χ1v) is 17.4. The second-order valence-electron chi connectivity index (χ2n) is 12.9. The molecule has 0 spiro atoms. The molecule has 10 aromatic rings. The third-order valence-corrected chi connectivity index (χ3v) is 9.62. The van der Waals surface area contributed by atoms with Crippen LogP contribution < -0.4 is 9.80 Å². The lowest BCUT2D eigenvalue weighted by atomic mass is 10.1. The number of benzene rings is 8. The van der Waals surface area contributed by atoms with Crippen LogP contribution >= 0.6 is 0 Å². The Kier molecular flexibility index (Phi) is 7.07. The smallest absolute Gasteiger partial charge is 0.227 e. The van der Waals surface area contributed by atoms with E-state index < -0.39 is 0 Å². The van der Waals surface area contributed by atoms with Gasteiger partial charge in [0.05, 0.1) is 17.1 Å². The zero-order valence-electron chi connectivity index (χ0n) is 28.1. The quantitative estimate of drug-likeness (QED) is 0.169. The second-order valence-corrected chi connectivity index (χ2v) is 12.9. The summed E-state index contributed by atoms with van der Waals surface area (Å²) in [4.78, 5) is 9.66. The molecule has 0 aliphatic heterocycles. The van der Waals surface area contributed by atoms with Gasteiger partial charge in [-0.3, -0.25) is 0 Å². The molecule has 10 rings (SSSR count). The second kappa shape index (κ2) is 12.3. The first-order valence-electron chi connectivity index (χ1n) is 17.4. The number of anilines is 6. The zero-order valence-corrected chi connectivity index (χ0v) is 28.1. The summed E-state index contributed by atoms with van der Waals surface area (Å²) in [5, 5.41) is 4.52. The molecular formula is C47H31N3O2. The summed E-state index contributed by atoms with van der Waals surface area (Å²) in [5.74, 6) is 0.562. The van der Waals surface area contributed by atoms with E-state index in [4.69, 9.17) is 13.8 Å². The Hall–Kier alpha value is -7.11. The van der Waals surface area contributed by atoms with Gasteiger partial charge in [0.2, 0.25) is 5.89 Å². The molecule has 5 nitrogen and oxygen atoms in total. The van der Waals surface area contributed by atoms with Crippen LogP contribution in [0.1, 0.15) is 0 Å². The average molecular weight is 670 g/mol. The van der Waals surface area contributed by atoms with E-state index in [2.05, 4.69) is 137 Å². The van der Waals surface area contributed by atoms with Gasteiger partial charge in [-0.2, -0.15) is 0 Å². The lowest BCUT2D eigenvalue weighted by molar-refractivity contribution is 0.620. The minimum absolute atomic E-state index is 0.562. The monoisotopic (exact) mass is 669 g/mol. The fourth-order valence-corrected chi connectivity index (χ4v) is 7.20. The first kappa shape index (κ1) is 29.8. The number of furan rings is 1. The number of hydrogen-bond donors (Lipinski definition) is 0. The fraction of sp³-hybridized carbons (Fsp3) is 0. The van der Waals surface area contributed by atoms with Gasteiger partial charge in [-0.1, -0.05) is 103 Å². The van der Waals surface area contributed by atoms with E-state index in [9.17, 15) is 0 Å². The predicted molar refractivity (Wildman–Crippen MR) is 214 cm³/mol. The zero-order chi connectivity index (χ0) is 34.4. The molecule has 246 valence electrons. The van der Waals surface area contributed by atoms with E-state index in [-0.39, 0.29) is 0 Å². The highest BCUT2D eigenvalue weighted by Gasteiger charge is 2.24. The molecule has 0 aliphatic rings. The van der Waals surface area contributed by atoms with Crippen molar-refractivity contribution in [2.24, 2.45) is 0 Å². The Morgan fingerprint density at radius 3 is 1.79 bits per heavy atom. The van der Waals surface area contributed by atoms with E-state index in [1.165, 1.54) is 10.8 Å². The molecule has 0 N–H and O–H groups in total. The molecule has 5 heteroatoms. The Bertz CT molecular complexity index is 2860. The number of hydrogen-bond acceptors (Lipinski definition) is 5. The van der Waals surface area contributed by atoms with E-state index in [0.29, 0.717) is 11.5 Å². The number of aromatic nitrogens is 1. The van der Waals surface area contributed by atoms with Crippen molar-refractivity contribution in [3.05, 3.63) is 188 Å². The molecule has 2 aromatic heterocycles. The van der Waals surface area contributed by atoms with Crippen LogP contribution in [0.15, 0.2) is 197 Å².